The van der Waals surface area contributed by atoms with E-state index in [9.17, 15) is 8.42 Å². The van der Waals surface area contributed by atoms with Gasteiger partial charge in [-0.2, -0.15) is 0 Å². The van der Waals surface area contributed by atoms with Gasteiger partial charge in [-0.15, -0.1) is 0 Å². The number of rotatable bonds is 5. The van der Waals surface area contributed by atoms with E-state index in [-0.39, 0.29) is 10.9 Å². The van der Waals surface area contributed by atoms with Crippen LogP contribution in [0.5, 0.6) is 0 Å². The Morgan fingerprint density at radius 2 is 2.06 bits per heavy atom. The summed E-state index contributed by atoms with van der Waals surface area (Å²) in [5, 5.41) is 0. The number of hydrogen-bond donors (Lipinski definition) is 2. The monoisotopic (exact) mass is 306 g/mol. The lowest BCUT2D eigenvalue weighted by atomic mass is 10.2. The fourth-order valence-electron chi connectivity index (χ4n) is 1.24. The van der Waals surface area contributed by atoms with Crippen LogP contribution in [0.15, 0.2) is 33.6 Å². The Labute approximate surface area is 104 Å². The second kappa shape index (κ2) is 5.77. The molecule has 0 saturated heterocycles. The van der Waals surface area contributed by atoms with E-state index >= 15 is 0 Å². The van der Waals surface area contributed by atoms with Crippen LogP contribution >= 0.6 is 15.9 Å². The van der Waals surface area contributed by atoms with Gasteiger partial charge in [0, 0.05) is 17.1 Å². The molecule has 1 unspecified atom stereocenters. The van der Waals surface area contributed by atoms with Gasteiger partial charge in [0.25, 0.3) is 0 Å². The molecule has 90 valence electrons. The minimum Gasteiger partial charge on any atom is -0.329 e. The molecule has 0 aliphatic carbocycles. The second-order valence-corrected chi connectivity index (χ2v) is 5.93. The van der Waals surface area contributed by atoms with Crippen molar-refractivity contribution in [2.24, 2.45) is 5.73 Å². The molecular weight excluding hydrogens is 292 g/mol. The molecule has 0 bridgehead atoms. The molecule has 0 radical (unpaired) electrons. The standard InChI is InChI=1S/C10H15BrN2O2S/c1-2-8(7-12)13-16(14,15)10-6-4-3-5-9(10)11/h3-6,8,13H,2,7,12H2,1H3. The minimum atomic E-state index is -3.49. The number of halogens is 1. The van der Waals surface area contributed by atoms with Crippen LogP contribution in [0, 0.1) is 0 Å². The highest BCUT2D eigenvalue weighted by molar-refractivity contribution is 9.10. The van der Waals surface area contributed by atoms with Gasteiger partial charge in [0.05, 0.1) is 4.90 Å². The van der Waals surface area contributed by atoms with Crippen LogP contribution in [0.2, 0.25) is 0 Å². The summed E-state index contributed by atoms with van der Waals surface area (Å²) in [6, 6.07) is 6.47. The SMILES string of the molecule is CCC(CN)NS(=O)(=O)c1ccccc1Br. The number of hydrogen-bond acceptors (Lipinski definition) is 3. The highest BCUT2D eigenvalue weighted by Gasteiger charge is 2.20. The van der Waals surface area contributed by atoms with Crippen LogP contribution in [0.4, 0.5) is 0 Å². The Morgan fingerprint density at radius 1 is 1.44 bits per heavy atom. The number of sulfonamides is 1. The molecule has 3 N–H and O–H groups in total. The van der Waals surface area contributed by atoms with Crippen LogP contribution < -0.4 is 10.5 Å². The lowest BCUT2D eigenvalue weighted by molar-refractivity contribution is 0.542. The molecule has 0 aliphatic heterocycles. The average Bonchev–Trinajstić information content (AvgIpc) is 2.26. The van der Waals surface area contributed by atoms with Gasteiger partial charge >= 0.3 is 0 Å². The van der Waals surface area contributed by atoms with Crippen molar-refractivity contribution in [3.05, 3.63) is 28.7 Å². The van der Waals surface area contributed by atoms with Crippen molar-refractivity contribution in [1.82, 2.24) is 4.72 Å². The van der Waals surface area contributed by atoms with Gasteiger partial charge in [-0.1, -0.05) is 19.1 Å². The zero-order valence-corrected chi connectivity index (χ0v) is 11.4. The smallest absolute Gasteiger partial charge is 0.241 e. The first kappa shape index (κ1) is 13.6. The van der Waals surface area contributed by atoms with Crippen molar-refractivity contribution in [2.45, 2.75) is 24.3 Å². The summed E-state index contributed by atoms with van der Waals surface area (Å²) in [5.41, 5.74) is 5.47. The third kappa shape index (κ3) is 3.28. The summed E-state index contributed by atoms with van der Waals surface area (Å²) < 4.78 is 27.1. The summed E-state index contributed by atoms with van der Waals surface area (Å²) in [7, 11) is -3.49. The van der Waals surface area contributed by atoms with Gasteiger partial charge in [-0.3, -0.25) is 0 Å². The summed E-state index contributed by atoms with van der Waals surface area (Å²) in [6.45, 7) is 2.18. The van der Waals surface area contributed by atoms with Crippen LogP contribution in [-0.2, 0) is 10.0 Å². The average molecular weight is 307 g/mol. The molecule has 1 aromatic carbocycles. The van der Waals surface area contributed by atoms with E-state index in [1.165, 1.54) is 0 Å². The Bertz CT molecular complexity index is 444. The molecule has 0 heterocycles. The van der Waals surface area contributed by atoms with Crippen molar-refractivity contribution in [3.8, 4) is 0 Å². The summed E-state index contributed by atoms with van der Waals surface area (Å²) in [4.78, 5) is 0.238. The summed E-state index contributed by atoms with van der Waals surface area (Å²) in [6.07, 6.45) is 0.667. The number of nitrogens with one attached hydrogen (secondary N) is 1. The van der Waals surface area contributed by atoms with Crippen LogP contribution in [0.25, 0.3) is 0 Å². The first-order valence-corrected chi connectivity index (χ1v) is 7.25. The molecule has 0 amide bonds. The third-order valence-electron chi connectivity index (χ3n) is 2.23. The highest BCUT2D eigenvalue weighted by atomic mass is 79.9. The number of benzene rings is 1. The molecule has 0 fully saturated rings. The Morgan fingerprint density at radius 3 is 2.56 bits per heavy atom. The van der Waals surface area contributed by atoms with Crippen molar-refractivity contribution >= 4 is 26.0 Å². The first-order valence-electron chi connectivity index (χ1n) is 4.98. The van der Waals surface area contributed by atoms with Gasteiger partial charge in [0.15, 0.2) is 0 Å². The maximum Gasteiger partial charge on any atom is 0.241 e. The van der Waals surface area contributed by atoms with Gasteiger partial charge in [-0.25, -0.2) is 13.1 Å². The van der Waals surface area contributed by atoms with Gasteiger partial charge < -0.3 is 5.73 Å². The quantitative estimate of drug-likeness (QED) is 0.865. The van der Waals surface area contributed by atoms with Crippen molar-refractivity contribution in [3.63, 3.8) is 0 Å². The Hall–Kier alpha value is -0.430. The molecule has 16 heavy (non-hydrogen) atoms. The van der Waals surface area contributed by atoms with E-state index in [1.54, 1.807) is 24.3 Å². The van der Waals surface area contributed by atoms with E-state index in [1.807, 2.05) is 6.92 Å². The van der Waals surface area contributed by atoms with E-state index in [4.69, 9.17) is 5.73 Å². The fraction of sp³-hybridized carbons (Fsp3) is 0.400. The lowest BCUT2D eigenvalue weighted by Crippen LogP contribution is -2.39. The molecule has 0 aliphatic rings. The predicted octanol–water partition coefficient (Wildman–Crippen LogP) is 1.46. The van der Waals surface area contributed by atoms with Gasteiger partial charge in [0.1, 0.15) is 0 Å². The van der Waals surface area contributed by atoms with Crippen molar-refractivity contribution in [2.75, 3.05) is 6.54 Å². The molecule has 0 aromatic heterocycles. The third-order valence-corrected chi connectivity index (χ3v) is 4.76. The minimum absolute atomic E-state index is 0.225. The Kier molecular flexibility index (Phi) is 4.91. The zero-order valence-electron chi connectivity index (χ0n) is 8.98. The van der Waals surface area contributed by atoms with Crippen molar-refractivity contribution in [1.29, 1.82) is 0 Å². The predicted molar refractivity (Wildman–Crippen MR) is 67.6 cm³/mol. The molecule has 0 saturated carbocycles. The molecule has 1 atom stereocenters. The largest absolute Gasteiger partial charge is 0.329 e. The summed E-state index contributed by atoms with van der Waals surface area (Å²) in [5.74, 6) is 0. The topological polar surface area (TPSA) is 72.2 Å². The highest BCUT2D eigenvalue weighted by Crippen LogP contribution is 2.21. The Balaban J connectivity index is 2.99. The van der Waals surface area contributed by atoms with Gasteiger partial charge in [-0.05, 0) is 34.5 Å². The molecule has 0 spiro atoms. The maximum absolute atomic E-state index is 12.0. The molecular formula is C10H15BrN2O2S. The molecule has 1 rings (SSSR count). The molecule has 4 nitrogen and oxygen atoms in total. The van der Waals surface area contributed by atoms with E-state index in [2.05, 4.69) is 20.7 Å². The van der Waals surface area contributed by atoms with Crippen LogP contribution in [0.1, 0.15) is 13.3 Å². The molecule has 1 aromatic rings. The van der Waals surface area contributed by atoms with E-state index in [0.717, 1.165) is 0 Å². The molecule has 6 heteroatoms. The van der Waals surface area contributed by atoms with Crippen LogP contribution in [0.3, 0.4) is 0 Å². The first-order chi connectivity index (χ1) is 7.51. The fourth-order valence-corrected chi connectivity index (χ4v) is 3.58. The zero-order chi connectivity index (χ0) is 12.2. The normalized spacial score (nSPS) is 13.7. The lowest BCUT2D eigenvalue weighted by Gasteiger charge is -2.15. The number of nitrogens with two attached hydrogens (primary N) is 1. The van der Waals surface area contributed by atoms with Gasteiger partial charge in [0.2, 0.25) is 10.0 Å². The van der Waals surface area contributed by atoms with E-state index < -0.39 is 10.0 Å². The summed E-state index contributed by atoms with van der Waals surface area (Å²) >= 11 is 3.22. The van der Waals surface area contributed by atoms with Crippen LogP contribution in [-0.4, -0.2) is 21.0 Å². The second-order valence-electron chi connectivity index (χ2n) is 3.39. The van der Waals surface area contributed by atoms with Crippen molar-refractivity contribution < 1.29 is 8.42 Å². The van der Waals surface area contributed by atoms with E-state index in [0.29, 0.717) is 17.4 Å². The maximum atomic E-state index is 12.0.